The first-order valence-electron chi connectivity index (χ1n) is 5.74. The number of aryl methyl sites for hydroxylation is 1. The second-order valence-corrected chi connectivity index (χ2v) is 4.91. The Morgan fingerprint density at radius 2 is 2.31 bits per heavy atom. The van der Waals surface area contributed by atoms with Gasteiger partial charge < -0.3 is 10.0 Å². The summed E-state index contributed by atoms with van der Waals surface area (Å²) in [4.78, 5) is 13.2. The van der Waals surface area contributed by atoms with Crippen LogP contribution in [-0.2, 0) is 11.2 Å². The molecule has 0 bridgehead atoms. The number of hydrogen-bond acceptors (Lipinski definition) is 2. The third kappa shape index (κ3) is 1.31. The van der Waals surface area contributed by atoms with Crippen molar-refractivity contribution in [2.45, 2.75) is 25.8 Å². The predicted octanol–water partition coefficient (Wildman–Crippen LogP) is 1.83. The van der Waals surface area contributed by atoms with Gasteiger partial charge >= 0.3 is 5.97 Å². The van der Waals surface area contributed by atoms with Gasteiger partial charge in [-0.1, -0.05) is 17.7 Å². The van der Waals surface area contributed by atoms with Crippen LogP contribution < -0.4 is 4.90 Å². The Morgan fingerprint density at radius 3 is 3.06 bits per heavy atom. The standard InChI is InChI=1S/C13H15NO2/c1-8-2-3-12-9(4-8)5-11-6-10(13(15)16)7-14(11)12/h2-4,10-11H,5-7H2,1H3,(H,15,16). The number of rotatable bonds is 1. The van der Waals surface area contributed by atoms with Crippen LogP contribution >= 0.6 is 0 Å². The van der Waals surface area contributed by atoms with Crippen molar-refractivity contribution in [1.29, 1.82) is 0 Å². The number of anilines is 1. The molecule has 84 valence electrons. The number of benzene rings is 1. The summed E-state index contributed by atoms with van der Waals surface area (Å²) in [5.74, 6) is -0.831. The van der Waals surface area contributed by atoms with Crippen LogP contribution in [0.25, 0.3) is 0 Å². The molecule has 2 unspecified atom stereocenters. The molecule has 3 heteroatoms. The van der Waals surface area contributed by atoms with Gasteiger partial charge in [0.1, 0.15) is 0 Å². The average molecular weight is 217 g/mol. The van der Waals surface area contributed by atoms with Crippen molar-refractivity contribution in [3.05, 3.63) is 29.3 Å². The van der Waals surface area contributed by atoms with Crippen molar-refractivity contribution in [3.8, 4) is 0 Å². The Bertz CT molecular complexity index is 455. The maximum absolute atomic E-state index is 11.0. The zero-order chi connectivity index (χ0) is 11.3. The summed E-state index contributed by atoms with van der Waals surface area (Å²) in [6, 6.07) is 6.88. The van der Waals surface area contributed by atoms with Gasteiger partial charge in [-0.05, 0) is 31.4 Å². The molecule has 0 radical (unpaired) electrons. The van der Waals surface area contributed by atoms with E-state index in [0.717, 1.165) is 12.8 Å². The largest absolute Gasteiger partial charge is 0.481 e. The summed E-state index contributed by atoms with van der Waals surface area (Å²) in [7, 11) is 0. The summed E-state index contributed by atoms with van der Waals surface area (Å²) in [6.45, 7) is 2.78. The third-order valence-electron chi connectivity index (χ3n) is 3.76. The molecule has 1 N–H and O–H groups in total. The van der Waals surface area contributed by atoms with E-state index in [0.29, 0.717) is 12.6 Å². The molecule has 2 atom stereocenters. The van der Waals surface area contributed by atoms with E-state index < -0.39 is 5.97 Å². The van der Waals surface area contributed by atoms with E-state index in [9.17, 15) is 4.79 Å². The Labute approximate surface area is 94.7 Å². The predicted molar refractivity (Wildman–Crippen MR) is 61.8 cm³/mol. The molecule has 0 amide bonds. The Kier molecular flexibility index (Phi) is 1.96. The van der Waals surface area contributed by atoms with Crippen molar-refractivity contribution in [2.24, 2.45) is 5.92 Å². The number of hydrogen-bond donors (Lipinski definition) is 1. The molecule has 1 aromatic carbocycles. The molecule has 3 nitrogen and oxygen atoms in total. The molecule has 0 aliphatic carbocycles. The van der Waals surface area contributed by atoms with E-state index in [1.807, 2.05) is 0 Å². The number of aliphatic carboxylic acids is 1. The van der Waals surface area contributed by atoms with Crippen LogP contribution in [0.2, 0.25) is 0 Å². The number of carbonyl (C=O) groups is 1. The minimum Gasteiger partial charge on any atom is -0.481 e. The summed E-state index contributed by atoms with van der Waals surface area (Å²) in [6.07, 6.45) is 1.81. The highest BCUT2D eigenvalue weighted by molar-refractivity contribution is 5.74. The first kappa shape index (κ1) is 9.70. The fourth-order valence-corrected chi connectivity index (χ4v) is 3.00. The highest BCUT2D eigenvalue weighted by Crippen LogP contribution is 2.40. The maximum atomic E-state index is 11.0. The lowest BCUT2D eigenvalue weighted by Crippen LogP contribution is -2.25. The van der Waals surface area contributed by atoms with Gasteiger partial charge in [0.15, 0.2) is 0 Å². The van der Waals surface area contributed by atoms with Crippen LogP contribution in [0, 0.1) is 12.8 Å². The number of carboxylic acids is 1. The number of fused-ring (bicyclic) bond motifs is 3. The monoisotopic (exact) mass is 217 g/mol. The van der Waals surface area contributed by atoms with E-state index in [-0.39, 0.29) is 5.92 Å². The molecular formula is C13H15NO2. The van der Waals surface area contributed by atoms with Crippen molar-refractivity contribution < 1.29 is 9.90 Å². The summed E-state index contributed by atoms with van der Waals surface area (Å²) >= 11 is 0. The van der Waals surface area contributed by atoms with Crippen molar-refractivity contribution in [3.63, 3.8) is 0 Å². The average Bonchev–Trinajstić information content (AvgIpc) is 2.73. The normalized spacial score (nSPS) is 26.7. The smallest absolute Gasteiger partial charge is 0.308 e. The van der Waals surface area contributed by atoms with Crippen LogP contribution in [0.15, 0.2) is 18.2 Å². The lowest BCUT2D eigenvalue weighted by Gasteiger charge is -2.18. The van der Waals surface area contributed by atoms with Gasteiger partial charge in [-0.3, -0.25) is 4.79 Å². The van der Waals surface area contributed by atoms with Crippen molar-refractivity contribution >= 4 is 11.7 Å². The minimum absolute atomic E-state index is 0.181. The fraction of sp³-hybridized carbons (Fsp3) is 0.462. The molecule has 2 heterocycles. The zero-order valence-corrected chi connectivity index (χ0v) is 9.31. The van der Waals surface area contributed by atoms with E-state index in [4.69, 9.17) is 5.11 Å². The molecule has 2 aliphatic rings. The molecule has 3 rings (SSSR count). The van der Waals surface area contributed by atoms with Gasteiger partial charge in [-0.15, -0.1) is 0 Å². The molecule has 1 saturated heterocycles. The SMILES string of the molecule is Cc1ccc2c(c1)CC1CC(C(=O)O)CN21. The quantitative estimate of drug-likeness (QED) is 0.780. The first-order valence-corrected chi connectivity index (χ1v) is 5.74. The van der Waals surface area contributed by atoms with E-state index in [1.54, 1.807) is 0 Å². The molecule has 16 heavy (non-hydrogen) atoms. The van der Waals surface area contributed by atoms with Crippen LogP contribution in [0.4, 0.5) is 5.69 Å². The van der Waals surface area contributed by atoms with Crippen molar-refractivity contribution in [2.75, 3.05) is 11.4 Å². The first-order chi connectivity index (χ1) is 7.65. The van der Waals surface area contributed by atoms with Crippen LogP contribution in [0.5, 0.6) is 0 Å². The lowest BCUT2D eigenvalue weighted by molar-refractivity contribution is -0.141. The van der Waals surface area contributed by atoms with E-state index in [1.165, 1.54) is 16.8 Å². The van der Waals surface area contributed by atoms with Crippen LogP contribution in [0.1, 0.15) is 17.5 Å². The highest BCUT2D eigenvalue weighted by atomic mass is 16.4. The fourth-order valence-electron chi connectivity index (χ4n) is 3.00. The molecular weight excluding hydrogens is 202 g/mol. The Balaban J connectivity index is 1.91. The molecule has 1 fully saturated rings. The van der Waals surface area contributed by atoms with Gasteiger partial charge in [0.25, 0.3) is 0 Å². The summed E-state index contributed by atoms with van der Waals surface area (Å²) in [5.41, 5.74) is 3.92. The van der Waals surface area contributed by atoms with Gasteiger partial charge in [-0.2, -0.15) is 0 Å². The molecule has 0 saturated carbocycles. The maximum Gasteiger partial charge on any atom is 0.308 e. The summed E-state index contributed by atoms with van der Waals surface area (Å²) in [5, 5.41) is 9.03. The highest BCUT2D eigenvalue weighted by Gasteiger charge is 2.40. The third-order valence-corrected chi connectivity index (χ3v) is 3.76. The van der Waals surface area contributed by atoms with Crippen molar-refractivity contribution in [1.82, 2.24) is 0 Å². The Morgan fingerprint density at radius 1 is 1.50 bits per heavy atom. The number of nitrogens with zero attached hydrogens (tertiary/aromatic N) is 1. The second-order valence-electron chi connectivity index (χ2n) is 4.91. The van der Waals surface area contributed by atoms with Gasteiger partial charge in [-0.25, -0.2) is 0 Å². The van der Waals surface area contributed by atoms with Crippen LogP contribution in [-0.4, -0.2) is 23.7 Å². The summed E-state index contributed by atoms with van der Waals surface area (Å²) < 4.78 is 0. The van der Waals surface area contributed by atoms with Gasteiger partial charge in [0.05, 0.1) is 5.92 Å². The molecule has 2 aliphatic heterocycles. The van der Waals surface area contributed by atoms with Gasteiger partial charge in [0, 0.05) is 18.3 Å². The van der Waals surface area contributed by atoms with E-state index >= 15 is 0 Å². The topological polar surface area (TPSA) is 40.5 Å². The molecule has 0 aromatic heterocycles. The Hall–Kier alpha value is -1.51. The van der Waals surface area contributed by atoms with Gasteiger partial charge in [0.2, 0.25) is 0 Å². The van der Waals surface area contributed by atoms with Crippen LogP contribution in [0.3, 0.4) is 0 Å². The second kappa shape index (κ2) is 3.24. The minimum atomic E-state index is -0.650. The lowest BCUT2D eigenvalue weighted by atomic mass is 10.0. The number of carboxylic acid groups (broad SMARTS) is 1. The molecule has 0 spiro atoms. The molecule has 1 aromatic rings. The zero-order valence-electron chi connectivity index (χ0n) is 9.31. The van der Waals surface area contributed by atoms with E-state index in [2.05, 4.69) is 30.0 Å².